The summed E-state index contributed by atoms with van der Waals surface area (Å²) in [5, 5.41) is 3.98. The van der Waals surface area contributed by atoms with Gasteiger partial charge in [-0.05, 0) is 33.6 Å². The summed E-state index contributed by atoms with van der Waals surface area (Å²) in [7, 11) is 3.18. The number of nitrogens with one attached hydrogen (secondary N) is 1. The maximum absolute atomic E-state index is 12.9. The molecule has 0 radical (unpaired) electrons. The fraction of sp³-hybridized carbons (Fsp3) is 0.435. The standard InChI is InChI=1S/C23H28N4O4/c1-13-14(2)31-23-20(13)21(24-15(3)25-23)27-8-6-16(7-9-27)22(28)26-17-10-18(29-4)12-19(11-17)30-5/h10-12,16H,6-9H2,1-5H3,(H,26,28). The van der Waals surface area contributed by atoms with Crippen LogP contribution in [0.15, 0.2) is 22.6 Å². The molecule has 1 aliphatic rings. The number of methoxy groups -OCH3 is 2. The number of piperidine rings is 1. The molecule has 1 aliphatic heterocycles. The molecule has 1 amide bonds. The van der Waals surface area contributed by atoms with Crippen LogP contribution in [-0.2, 0) is 4.79 Å². The van der Waals surface area contributed by atoms with Gasteiger partial charge in [-0.1, -0.05) is 0 Å². The van der Waals surface area contributed by atoms with E-state index in [1.807, 2.05) is 20.8 Å². The van der Waals surface area contributed by atoms with E-state index in [1.54, 1.807) is 32.4 Å². The van der Waals surface area contributed by atoms with Gasteiger partial charge in [0, 0.05) is 48.5 Å². The molecule has 2 aromatic heterocycles. The normalized spacial score (nSPS) is 14.7. The SMILES string of the molecule is COc1cc(NC(=O)C2CCN(c3nc(C)nc4oc(C)c(C)c34)CC2)cc(OC)c1. The summed E-state index contributed by atoms with van der Waals surface area (Å²) >= 11 is 0. The highest BCUT2D eigenvalue weighted by molar-refractivity contribution is 5.94. The fourth-order valence-corrected chi connectivity index (χ4v) is 4.04. The van der Waals surface area contributed by atoms with E-state index in [0.717, 1.165) is 48.5 Å². The number of anilines is 2. The van der Waals surface area contributed by atoms with Crippen molar-refractivity contribution in [1.29, 1.82) is 0 Å². The van der Waals surface area contributed by atoms with Gasteiger partial charge >= 0.3 is 0 Å². The van der Waals surface area contributed by atoms with Crippen LogP contribution < -0.4 is 19.7 Å². The van der Waals surface area contributed by atoms with Crippen LogP contribution in [0.25, 0.3) is 11.1 Å². The second-order valence-electron chi connectivity index (χ2n) is 7.91. The van der Waals surface area contributed by atoms with E-state index in [9.17, 15) is 4.79 Å². The summed E-state index contributed by atoms with van der Waals surface area (Å²) in [4.78, 5) is 24.3. The van der Waals surface area contributed by atoms with Gasteiger partial charge in [0.2, 0.25) is 11.6 Å². The van der Waals surface area contributed by atoms with Crippen LogP contribution in [0.1, 0.15) is 30.0 Å². The predicted octanol–water partition coefficient (Wildman–Crippen LogP) is 4.02. The van der Waals surface area contributed by atoms with Gasteiger partial charge in [-0.2, -0.15) is 4.98 Å². The second-order valence-corrected chi connectivity index (χ2v) is 7.91. The lowest BCUT2D eigenvalue weighted by Crippen LogP contribution is -2.38. The Hall–Kier alpha value is -3.29. The van der Waals surface area contributed by atoms with Crippen molar-refractivity contribution in [2.24, 2.45) is 5.92 Å². The molecule has 4 rings (SSSR count). The predicted molar refractivity (Wildman–Crippen MR) is 119 cm³/mol. The van der Waals surface area contributed by atoms with E-state index in [-0.39, 0.29) is 11.8 Å². The minimum absolute atomic E-state index is 0.00862. The van der Waals surface area contributed by atoms with Crippen LogP contribution in [-0.4, -0.2) is 43.2 Å². The number of nitrogens with zero attached hydrogens (tertiary/aromatic N) is 3. The van der Waals surface area contributed by atoms with E-state index in [0.29, 0.717) is 28.7 Å². The number of amides is 1. The van der Waals surface area contributed by atoms with Crippen molar-refractivity contribution in [3.05, 3.63) is 35.3 Å². The molecule has 164 valence electrons. The Morgan fingerprint density at radius 2 is 1.71 bits per heavy atom. The van der Waals surface area contributed by atoms with Crippen LogP contribution in [0.5, 0.6) is 11.5 Å². The molecule has 1 N–H and O–H groups in total. The highest BCUT2D eigenvalue weighted by Crippen LogP contribution is 2.34. The van der Waals surface area contributed by atoms with Crippen molar-refractivity contribution in [1.82, 2.24) is 9.97 Å². The molecule has 8 heteroatoms. The fourth-order valence-electron chi connectivity index (χ4n) is 4.04. The molecule has 1 aromatic carbocycles. The molecule has 1 saturated heterocycles. The Morgan fingerprint density at radius 3 is 2.32 bits per heavy atom. The first kappa shape index (κ1) is 21.0. The molecule has 0 bridgehead atoms. The lowest BCUT2D eigenvalue weighted by molar-refractivity contribution is -0.120. The maximum Gasteiger partial charge on any atom is 0.231 e. The van der Waals surface area contributed by atoms with Crippen molar-refractivity contribution in [3.63, 3.8) is 0 Å². The van der Waals surface area contributed by atoms with Gasteiger partial charge in [-0.25, -0.2) is 4.98 Å². The minimum Gasteiger partial charge on any atom is -0.497 e. The average Bonchev–Trinajstić information content (AvgIpc) is 3.06. The van der Waals surface area contributed by atoms with E-state index in [1.165, 1.54) is 0 Å². The quantitative estimate of drug-likeness (QED) is 0.662. The van der Waals surface area contributed by atoms with Gasteiger partial charge in [0.1, 0.15) is 28.9 Å². The Morgan fingerprint density at radius 1 is 1.06 bits per heavy atom. The smallest absolute Gasteiger partial charge is 0.231 e. The third-order valence-corrected chi connectivity index (χ3v) is 5.91. The van der Waals surface area contributed by atoms with E-state index < -0.39 is 0 Å². The number of aryl methyl sites for hydroxylation is 3. The molecule has 0 spiro atoms. The van der Waals surface area contributed by atoms with E-state index in [2.05, 4.69) is 15.2 Å². The van der Waals surface area contributed by atoms with Crippen molar-refractivity contribution >= 4 is 28.5 Å². The van der Waals surface area contributed by atoms with E-state index in [4.69, 9.17) is 18.9 Å². The zero-order valence-corrected chi connectivity index (χ0v) is 18.6. The highest BCUT2D eigenvalue weighted by Gasteiger charge is 2.28. The van der Waals surface area contributed by atoms with Gasteiger partial charge in [0.05, 0.1) is 19.6 Å². The summed E-state index contributed by atoms with van der Waals surface area (Å²) in [5.41, 5.74) is 2.36. The number of hydrogen-bond donors (Lipinski definition) is 1. The number of fused-ring (bicyclic) bond motifs is 1. The molecule has 31 heavy (non-hydrogen) atoms. The molecular formula is C23H28N4O4. The zero-order chi connectivity index (χ0) is 22.1. The van der Waals surface area contributed by atoms with Crippen molar-refractivity contribution in [2.75, 3.05) is 37.5 Å². The molecular weight excluding hydrogens is 396 g/mol. The van der Waals surface area contributed by atoms with Crippen LogP contribution in [0.3, 0.4) is 0 Å². The molecule has 3 aromatic rings. The van der Waals surface area contributed by atoms with Crippen molar-refractivity contribution in [3.8, 4) is 11.5 Å². The van der Waals surface area contributed by atoms with Gasteiger partial charge in [0.15, 0.2) is 0 Å². The van der Waals surface area contributed by atoms with Gasteiger partial charge in [-0.15, -0.1) is 0 Å². The first-order valence-corrected chi connectivity index (χ1v) is 10.4. The molecule has 0 unspecified atom stereocenters. The maximum atomic E-state index is 12.9. The topological polar surface area (TPSA) is 89.7 Å². The minimum atomic E-state index is -0.0703. The monoisotopic (exact) mass is 424 g/mol. The first-order valence-electron chi connectivity index (χ1n) is 10.4. The number of aromatic nitrogens is 2. The summed E-state index contributed by atoms with van der Waals surface area (Å²) in [6.07, 6.45) is 1.49. The average molecular weight is 425 g/mol. The third kappa shape index (κ3) is 4.15. The lowest BCUT2D eigenvalue weighted by atomic mass is 9.95. The largest absolute Gasteiger partial charge is 0.497 e. The molecule has 1 fully saturated rings. The molecule has 0 atom stereocenters. The van der Waals surface area contributed by atoms with Gasteiger partial charge < -0.3 is 24.1 Å². The Kier molecular flexibility index (Phi) is 5.71. The van der Waals surface area contributed by atoms with Crippen LogP contribution in [0.4, 0.5) is 11.5 Å². The number of ether oxygens (including phenoxy) is 2. The Balaban J connectivity index is 1.47. The number of carbonyl (C=O) groups is 1. The zero-order valence-electron chi connectivity index (χ0n) is 18.6. The van der Waals surface area contributed by atoms with Crippen molar-refractivity contribution < 1.29 is 18.7 Å². The van der Waals surface area contributed by atoms with Crippen LogP contribution in [0.2, 0.25) is 0 Å². The lowest BCUT2D eigenvalue weighted by Gasteiger charge is -2.32. The molecule has 0 saturated carbocycles. The molecule has 3 heterocycles. The molecule has 0 aliphatic carbocycles. The second kappa shape index (κ2) is 8.45. The van der Waals surface area contributed by atoms with Gasteiger partial charge in [0.25, 0.3) is 0 Å². The molecule has 8 nitrogen and oxygen atoms in total. The van der Waals surface area contributed by atoms with Crippen LogP contribution in [0, 0.1) is 26.7 Å². The van der Waals surface area contributed by atoms with Crippen molar-refractivity contribution in [2.45, 2.75) is 33.6 Å². The Bertz CT molecular complexity index is 1090. The third-order valence-electron chi connectivity index (χ3n) is 5.91. The summed E-state index contributed by atoms with van der Waals surface area (Å²) < 4.78 is 16.4. The number of furan rings is 1. The van der Waals surface area contributed by atoms with E-state index >= 15 is 0 Å². The van der Waals surface area contributed by atoms with Gasteiger partial charge in [-0.3, -0.25) is 4.79 Å². The Labute approximate surface area is 181 Å². The number of benzene rings is 1. The number of carbonyl (C=O) groups excluding carboxylic acids is 1. The first-order chi connectivity index (χ1) is 14.9. The summed E-state index contributed by atoms with van der Waals surface area (Å²) in [6, 6.07) is 5.36. The number of hydrogen-bond acceptors (Lipinski definition) is 7. The van der Waals surface area contributed by atoms with Crippen LogP contribution >= 0.6 is 0 Å². The summed E-state index contributed by atoms with van der Waals surface area (Å²) in [5.74, 6) is 3.65. The highest BCUT2D eigenvalue weighted by atomic mass is 16.5. The number of rotatable bonds is 5. The summed E-state index contributed by atoms with van der Waals surface area (Å²) in [6.45, 7) is 7.34.